The van der Waals surface area contributed by atoms with Crippen LogP contribution in [0.1, 0.15) is 20.8 Å². The van der Waals surface area contributed by atoms with Gasteiger partial charge in [-0.1, -0.05) is 5.09 Å². The average molecular weight is 360 g/mol. The van der Waals surface area contributed by atoms with E-state index in [1.807, 2.05) is 5.09 Å². The van der Waals surface area contributed by atoms with Crippen LogP contribution in [0, 0.1) is 29.1 Å². The van der Waals surface area contributed by atoms with E-state index in [1.165, 1.54) is 6.92 Å². The number of benzene rings is 1. The predicted octanol–water partition coefficient (Wildman–Crippen LogP) is 3.35. The molecule has 0 saturated carbocycles. The van der Waals surface area contributed by atoms with Gasteiger partial charge in [-0.15, -0.1) is 0 Å². The van der Waals surface area contributed by atoms with Gasteiger partial charge in [-0.3, -0.25) is 4.79 Å². The second-order valence-corrected chi connectivity index (χ2v) is 5.54. The Bertz CT molecular complexity index is 611. The van der Waals surface area contributed by atoms with E-state index in [2.05, 4.69) is 4.52 Å². The topological polar surface area (TPSA) is 64.6 Å². The Balaban J connectivity index is 2.89. The molecule has 0 aromatic heterocycles. The Morgan fingerprint density at radius 2 is 1.39 bits per heavy atom. The highest BCUT2D eigenvalue weighted by Crippen LogP contribution is 2.34. The largest absolute Gasteiger partial charge is 0.664 e. The summed E-state index contributed by atoms with van der Waals surface area (Å²) in [6.45, 7) is 4.31. The van der Waals surface area contributed by atoms with Gasteiger partial charge in [0.1, 0.15) is 6.04 Å². The molecule has 0 amide bonds. The Labute approximate surface area is 128 Å². The van der Waals surface area contributed by atoms with Gasteiger partial charge in [0.25, 0.3) is 5.75 Å². The molecule has 1 aromatic carbocycles. The zero-order valence-electron chi connectivity index (χ0n) is 12.1. The summed E-state index contributed by atoms with van der Waals surface area (Å²) >= 11 is 0. The summed E-state index contributed by atoms with van der Waals surface area (Å²) in [6, 6.07) is -1.21. The van der Waals surface area contributed by atoms with Crippen molar-refractivity contribution in [1.29, 1.82) is 0 Å². The third kappa shape index (κ3) is 4.59. The lowest BCUT2D eigenvalue weighted by molar-refractivity contribution is -0.148. The smallest absolute Gasteiger partial charge is 0.462 e. The molecule has 128 valence electrons. The van der Waals surface area contributed by atoms with Crippen LogP contribution in [0.3, 0.4) is 0 Å². The first-order valence-electron chi connectivity index (χ1n) is 6.19. The summed E-state index contributed by atoms with van der Waals surface area (Å²) in [5, 5.41) is 1.98. The van der Waals surface area contributed by atoms with Crippen LogP contribution in [0.5, 0.6) is 5.75 Å². The highest BCUT2D eigenvalue weighted by atomic mass is 31.1. The molecule has 1 rings (SSSR count). The van der Waals surface area contributed by atoms with Crippen molar-refractivity contribution < 1.29 is 40.6 Å². The molecule has 0 fully saturated rings. The van der Waals surface area contributed by atoms with Crippen molar-refractivity contribution in [2.24, 2.45) is 0 Å². The number of esters is 1. The fraction of sp³-hybridized carbons (Fsp3) is 0.417. The minimum Gasteiger partial charge on any atom is -0.462 e. The summed E-state index contributed by atoms with van der Waals surface area (Å²) in [5.74, 6) is -14.0. The molecule has 23 heavy (non-hydrogen) atoms. The van der Waals surface area contributed by atoms with Crippen molar-refractivity contribution in [2.45, 2.75) is 32.9 Å². The molecular weight excluding hydrogens is 348 g/mol. The second kappa shape index (κ2) is 7.65. The van der Waals surface area contributed by atoms with Gasteiger partial charge in [0.2, 0.25) is 29.1 Å². The number of carbonyl (C=O) groups excluding carboxylic acids is 1. The van der Waals surface area contributed by atoms with Crippen molar-refractivity contribution in [3.05, 3.63) is 29.1 Å². The molecule has 0 heterocycles. The van der Waals surface area contributed by atoms with Gasteiger partial charge < -0.3 is 4.74 Å². The lowest BCUT2D eigenvalue weighted by atomic mass is 10.3. The second-order valence-electron chi connectivity index (χ2n) is 4.58. The van der Waals surface area contributed by atoms with Crippen molar-refractivity contribution in [3.8, 4) is 5.75 Å². The lowest BCUT2D eigenvalue weighted by Gasteiger charge is -2.10. The standard InChI is InChI=1S/C12H12F5NO4P/c1-4(2)21-12(19)5(3)18-23(20)22-11-9(16)7(14)6(13)8(15)10(11)17/h4-5H,1-3H3,(H,18,20)/q+1/t5-/m0/s1. The maximum absolute atomic E-state index is 13.3. The summed E-state index contributed by atoms with van der Waals surface area (Å²) in [4.78, 5) is 11.4. The van der Waals surface area contributed by atoms with E-state index in [1.54, 1.807) is 13.8 Å². The van der Waals surface area contributed by atoms with Crippen LogP contribution >= 0.6 is 8.18 Å². The molecule has 2 atom stereocenters. The first kappa shape index (κ1) is 19.2. The molecule has 0 aliphatic rings. The number of nitrogens with one attached hydrogen (secondary N) is 1. The zero-order valence-corrected chi connectivity index (χ0v) is 13.0. The van der Waals surface area contributed by atoms with Gasteiger partial charge in [0, 0.05) is 4.57 Å². The summed E-state index contributed by atoms with van der Waals surface area (Å²) in [5.41, 5.74) is 0. The molecule has 5 nitrogen and oxygen atoms in total. The number of ether oxygens (including phenoxy) is 1. The highest BCUT2D eigenvalue weighted by molar-refractivity contribution is 7.37. The van der Waals surface area contributed by atoms with E-state index >= 15 is 0 Å². The van der Waals surface area contributed by atoms with Gasteiger partial charge in [-0.2, -0.15) is 8.78 Å². The van der Waals surface area contributed by atoms with Gasteiger partial charge in [0.05, 0.1) is 6.10 Å². The SMILES string of the molecule is CC(C)OC(=O)[C@H](C)N[P+](=O)Oc1c(F)c(F)c(F)c(F)c1F. The van der Waals surface area contributed by atoms with Crippen molar-refractivity contribution >= 4 is 14.1 Å². The van der Waals surface area contributed by atoms with Crippen LogP contribution in [-0.4, -0.2) is 18.1 Å². The van der Waals surface area contributed by atoms with Crippen LogP contribution in [0.25, 0.3) is 0 Å². The average Bonchev–Trinajstić information content (AvgIpc) is 2.46. The minimum atomic E-state index is -3.16. The van der Waals surface area contributed by atoms with Gasteiger partial charge in [-0.25, -0.2) is 17.7 Å². The quantitative estimate of drug-likeness (QED) is 0.277. The number of rotatable bonds is 6. The zero-order chi connectivity index (χ0) is 17.9. The molecule has 1 aromatic rings. The molecule has 1 N–H and O–H groups in total. The van der Waals surface area contributed by atoms with Crippen LogP contribution in [0.2, 0.25) is 0 Å². The van der Waals surface area contributed by atoms with E-state index in [9.17, 15) is 31.3 Å². The maximum Gasteiger partial charge on any atom is 0.664 e. The lowest BCUT2D eigenvalue weighted by Crippen LogP contribution is -2.33. The van der Waals surface area contributed by atoms with Gasteiger partial charge in [0.15, 0.2) is 0 Å². The molecule has 11 heteroatoms. The summed E-state index contributed by atoms with van der Waals surface area (Å²) in [6.07, 6.45) is -0.472. The minimum absolute atomic E-state index is 0.472. The molecule has 0 spiro atoms. The molecule has 0 aliphatic carbocycles. The summed E-state index contributed by atoms with van der Waals surface area (Å²) in [7, 11) is -3.16. The molecule has 0 bridgehead atoms. The third-order valence-electron chi connectivity index (χ3n) is 2.35. The van der Waals surface area contributed by atoms with E-state index in [-0.39, 0.29) is 0 Å². The normalized spacial score (nSPS) is 13.0. The van der Waals surface area contributed by atoms with Crippen LogP contribution in [0.15, 0.2) is 0 Å². The first-order chi connectivity index (χ1) is 10.6. The molecule has 0 saturated heterocycles. The third-order valence-corrected chi connectivity index (χ3v) is 3.29. The van der Waals surface area contributed by atoms with Gasteiger partial charge >= 0.3 is 14.1 Å². The first-order valence-corrected chi connectivity index (χ1v) is 7.37. The van der Waals surface area contributed by atoms with Crippen LogP contribution < -0.4 is 9.61 Å². The van der Waals surface area contributed by atoms with Crippen molar-refractivity contribution in [2.75, 3.05) is 0 Å². The number of hydrogen-bond acceptors (Lipinski definition) is 4. The van der Waals surface area contributed by atoms with E-state index in [4.69, 9.17) is 4.74 Å². The fourth-order valence-corrected chi connectivity index (χ4v) is 2.12. The summed E-state index contributed by atoms with van der Waals surface area (Å²) < 4.78 is 86.0. The van der Waals surface area contributed by atoms with Crippen LogP contribution in [0.4, 0.5) is 22.0 Å². The van der Waals surface area contributed by atoms with E-state index in [0.29, 0.717) is 0 Å². The van der Waals surface area contributed by atoms with Gasteiger partial charge in [-0.05, 0) is 20.8 Å². The van der Waals surface area contributed by atoms with Crippen molar-refractivity contribution in [3.63, 3.8) is 0 Å². The van der Waals surface area contributed by atoms with Crippen LogP contribution in [-0.2, 0) is 14.1 Å². The Kier molecular flexibility index (Phi) is 6.40. The molecule has 1 unspecified atom stereocenters. The monoisotopic (exact) mass is 360 g/mol. The number of halogens is 5. The number of hydrogen-bond donors (Lipinski definition) is 1. The molecular formula is C12H12F5NO4P+. The molecule has 0 radical (unpaired) electrons. The van der Waals surface area contributed by atoms with E-state index < -0.39 is 61.1 Å². The van der Waals surface area contributed by atoms with E-state index in [0.717, 1.165) is 0 Å². The molecule has 0 aliphatic heterocycles. The Hall–Kier alpha value is -1.80. The fourth-order valence-electron chi connectivity index (χ4n) is 1.32. The Morgan fingerprint density at radius 1 is 0.957 bits per heavy atom. The predicted molar refractivity (Wildman–Crippen MR) is 68.3 cm³/mol. The Morgan fingerprint density at radius 3 is 1.83 bits per heavy atom. The number of carbonyl (C=O) groups is 1. The van der Waals surface area contributed by atoms with Crippen molar-refractivity contribution in [1.82, 2.24) is 5.09 Å². The highest BCUT2D eigenvalue weighted by Gasteiger charge is 2.35. The maximum atomic E-state index is 13.3.